The highest BCUT2D eigenvalue weighted by atomic mass is 16.5. The highest BCUT2D eigenvalue weighted by Gasteiger charge is 2.23. The van der Waals surface area contributed by atoms with E-state index in [-0.39, 0.29) is 5.91 Å². The Hall–Kier alpha value is -2.95. The molecule has 0 unspecified atom stereocenters. The number of anilines is 1. The van der Waals surface area contributed by atoms with Gasteiger partial charge in [0.2, 0.25) is 0 Å². The van der Waals surface area contributed by atoms with Crippen LogP contribution in [0.2, 0.25) is 0 Å². The van der Waals surface area contributed by atoms with Gasteiger partial charge in [-0.15, -0.1) is 0 Å². The number of amides is 1. The second-order valence-electron chi connectivity index (χ2n) is 6.08. The highest BCUT2D eigenvalue weighted by Crippen LogP contribution is 2.28. The van der Waals surface area contributed by atoms with E-state index in [9.17, 15) is 4.79 Å². The first-order chi connectivity index (χ1) is 12.7. The van der Waals surface area contributed by atoms with Crippen LogP contribution in [0.5, 0.6) is 11.5 Å². The minimum absolute atomic E-state index is 0.0359. The van der Waals surface area contributed by atoms with Gasteiger partial charge in [0.15, 0.2) is 0 Å². The Morgan fingerprint density at radius 1 is 1.12 bits per heavy atom. The van der Waals surface area contributed by atoms with E-state index in [1.54, 1.807) is 19.3 Å². The van der Waals surface area contributed by atoms with E-state index in [0.717, 1.165) is 24.5 Å². The fourth-order valence-corrected chi connectivity index (χ4v) is 3.10. The topological polar surface area (TPSA) is 42.0 Å². The molecule has 1 heterocycles. The molecule has 0 saturated carbocycles. The summed E-state index contributed by atoms with van der Waals surface area (Å²) < 4.78 is 11.0. The molecule has 0 atom stereocenters. The van der Waals surface area contributed by atoms with E-state index in [1.807, 2.05) is 41.3 Å². The molecule has 0 N–H and O–H groups in total. The van der Waals surface area contributed by atoms with Gasteiger partial charge in [0.25, 0.3) is 5.91 Å². The van der Waals surface area contributed by atoms with Gasteiger partial charge in [-0.1, -0.05) is 30.9 Å². The lowest BCUT2D eigenvalue weighted by molar-refractivity contribution is 0.0746. The van der Waals surface area contributed by atoms with Crippen LogP contribution in [0.25, 0.3) is 0 Å². The molecule has 26 heavy (non-hydrogen) atoms. The fraction of sp³-hybridized carbons (Fsp3) is 0.286. The number of hydrogen-bond donors (Lipinski definition) is 0. The second kappa shape index (κ2) is 8.43. The van der Waals surface area contributed by atoms with Crippen molar-refractivity contribution < 1.29 is 14.3 Å². The quantitative estimate of drug-likeness (QED) is 0.749. The van der Waals surface area contributed by atoms with Crippen LogP contribution in [0, 0.1) is 0 Å². The van der Waals surface area contributed by atoms with Crippen LogP contribution in [0.4, 0.5) is 5.69 Å². The number of nitrogens with zero attached hydrogens (tertiary/aromatic N) is 2. The Morgan fingerprint density at radius 3 is 2.62 bits per heavy atom. The summed E-state index contributed by atoms with van der Waals surface area (Å²) in [6.45, 7) is 6.97. The van der Waals surface area contributed by atoms with E-state index < -0.39 is 0 Å². The average molecular weight is 352 g/mol. The van der Waals surface area contributed by atoms with Crippen molar-refractivity contribution in [2.24, 2.45) is 0 Å². The smallest absolute Gasteiger partial charge is 0.254 e. The molecule has 1 aliphatic rings. The summed E-state index contributed by atoms with van der Waals surface area (Å²) in [7, 11) is 1.68. The van der Waals surface area contributed by atoms with Crippen LogP contribution in [-0.2, 0) is 0 Å². The maximum atomic E-state index is 12.8. The maximum absolute atomic E-state index is 12.8. The predicted octanol–water partition coefficient (Wildman–Crippen LogP) is 3.22. The normalized spacial score (nSPS) is 14.0. The number of ether oxygens (including phenoxy) is 2. The van der Waals surface area contributed by atoms with Gasteiger partial charge in [-0.25, -0.2) is 0 Å². The largest absolute Gasteiger partial charge is 0.495 e. The van der Waals surface area contributed by atoms with Crippen LogP contribution < -0.4 is 14.4 Å². The van der Waals surface area contributed by atoms with E-state index in [2.05, 4.69) is 17.5 Å². The molecule has 2 aromatic carbocycles. The minimum atomic E-state index is 0.0359. The molecule has 0 spiro atoms. The molecule has 136 valence electrons. The summed E-state index contributed by atoms with van der Waals surface area (Å²) in [5.41, 5.74) is 1.72. The number of piperazine rings is 1. The third-order valence-corrected chi connectivity index (χ3v) is 4.44. The van der Waals surface area contributed by atoms with Crippen LogP contribution in [0.3, 0.4) is 0 Å². The highest BCUT2D eigenvalue weighted by molar-refractivity contribution is 5.94. The zero-order valence-electron chi connectivity index (χ0n) is 15.1. The van der Waals surface area contributed by atoms with Crippen molar-refractivity contribution in [1.82, 2.24) is 4.90 Å². The van der Waals surface area contributed by atoms with E-state index >= 15 is 0 Å². The Labute approximate surface area is 154 Å². The first kappa shape index (κ1) is 17.9. The fourth-order valence-electron chi connectivity index (χ4n) is 3.10. The molecule has 0 aliphatic carbocycles. The minimum Gasteiger partial charge on any atom is -0.495 e. The molecule has 0 radical (unpaired) electrons. The van der Waals surface area contributed by atoms with Crippen molar-refractivity contribution in [2.45, 2.75) is 0 Å². The molecular weight excluding hydrogens is 328 g/mol. The zero-order chi connectivity index (χ0) is 18.4. The third-order valence-electron chi connectivity index (χ3n) is 4.44. The molecule has 1 saturated heterocycles. The van der Waals surface area contributed by atoms with E-state index in [4.69, 9.17) is 9.47 Å². The summed E-state index contributed by atoms with van der Waals surface area (Å²) >= 11 is 0. The molecule has 5 heteroatoms. The lowest BCUT2D eigenvalue weighted by atomic mass is 10.1. The lowest BCUT2D eigenvalue weighted by Crippen LogP contribution is -2.48. The molecule has 1 amide bonds. The van der Waals surface area contributed by atoms with Gasteiger partial charge in [0.05, 0.1) is 12.8 Å². The van der Waals surface area contributed by atoms with Gasteiger partial charge in [-0.3, -0.25) is 4.79 Å². The van der Waals surface area contributed by atoms with Crippen molar-refractivity contribution in [3.8, 4) is 11.5 Å². The van der Waals surface area contributed by atoms with Crippen molar-refractivity contribution in [2.75, 3.05) is 44.8 Å². The Bertz CT molecular complexity index is 767. The van der Waals surface area contributed by atoms with Gasteiger partial charge in [-0.05, 0) is 30.3 Å². The van der Waals surface area contributed by atoms with Gasteiger partial charge in [0, 0.05) is 31.7 Å². The van der Waals surface area contributed by atoms with E-state index in [1.165, 1.54) is 0 Å². The first-order valence-electron chi connectivity index (χ1n) is 8.74. The van der Waals surface area contributed by atoms with Gasteiger partial charge < -0.3 is 19.3 Å². The van der Waals surface area contributed by atoms with Crippen molar-refractivity contribution in [3.63, 3.8) is 0 Å². The first-order valence-corrected chi connectivity index (χ1v) is 8.74. The number of benzene rings is 2. The Kier molecular flexibility index (Phi) is 5.79. The predicted molar refractivity (Wildman–Crippen MR) is 103 cm³/mol. The van der Waals surface area contributed by atoms with E-state index in [0.29, 0.717) is 31.0 Å². The number of carbonyl (C=O) groups is 1. The SMILES string of the molecule is C=CCOc1cccc(C(=O)N2CCN(c3ccccc3OC)CC2)c1. The second-order valence-corrected chi connectivity index (χ2v) is 6.08. The van der Waals surface area contributed by atoms with Gasteiger partial charge >= 0.3 is 0 Å². The van der Waals surface area contributed by atoms with Crippen molar-refractivity contribution >= 4 is 11.6 Å². The average Bonchev–Trinajstić information content (AvgIpc) is 2.72. The molecule has 0 aromatic heterocycles. The Balaban J connectivity index is 1.64. The lowest BCUT2D eigenvalue weighted by Gasteiger charge is -2.36. The summed E-state index contributed by atoms with van der Waals surface area (Å²) in [6, 6.07) is 15.3. The number of rotatable bonds is 6. The number of methoxy groups -OCH3 is 1. The molecule has 5 nitrogen and oxygen atoms in total. The van der Waals surface area contributed by atoms with Gasteiger partial charge in [-0.2, -0.15) is 0 Å². The third kappa shape index (κ3) is 3.99. The molecule has 1 fully saturated rings. The number of carbonyl (C=O) groups excluding carboxylic acids is 1. The number of hydrogen-bond acceptors (Lipinski definition) is 4. The molecule has 0 bridgehead atoms. The van der Waals surface area contributed by atoms with Gasteiger partial charge in [0.1, 0.15) is 18.1 Å². The van der Waals surface area contributed by atoms with Crippen LogP contribution >= 0.6 is 0 Å². The standard InChI is InChI=1S/C21H24N2O3/c1-3-15-26-18-8-6-7-17(16-18)21(24)23-13-11-22(12-14-23)19-9-4-5-10-20(19)25-2/h3-10,16H,1,11-15H2,2H3. The molecule has 1 aliphatic heterocycles. The molecule has 3 rings (SSSR count). The molecule has 2 aromatic rings. The summed E-state index contributed by atoms with van der Waals surface area (Å²) in [5.74, 6) is 1.58. The molecular formula is C21H24N2O3. The summed E-state index contributed by atoms with van der Waals surface area (Å²) in [6.07, 6.45) is 1.69. The zero-order valence-corrected chi connectivity index (χ0v) is 15.1. The maximum Gasteiger partial charge on any atom is 0.254 e. The van der Waals surface area contributed by atoms with Crippen molar-refractivity contribution in [3.05, 3.63) is 66.7 Å². The monoisotopic (exact) mass is 352 g/mol. The van der Waals surface area contributed by atoms with Crippen LogP contribution in [0.15, 0.2) is 61.2 Å². The van der Waals surface area contributed by atoms with Crippen LogP contribution in [0.1, 0.15) is 10.4 Å². The summed E-state index contributed by atoms with van der Waals surface area (Å²) in [4.78, 5) is 16.9. The number of para-hydroxylation sites is 2. The Morgan fingerprint density at radius 2 is 1.88 bits per heavy atom. The summed E-state index contributed by atoms with van der Waals surface area (Å²) in [5, 5.41) is 0. The van der Waals surface area contributed by atoms with Crippen LogP contribution in [-0.4, -0.2) is 50.7 Å². The van der Waals surface area contributed by atoms with Crippen molar-refractivity contribution in [1.29, 1.82) is 0 Å².